The second-order valence-corrected chi connectivity index (χ2v) is 6.96. The summed E-state index contributed by atoms with van der Waals surface area (Å²) in [6, 6.07) is 1.77. The number of benzene rings is 1. The summed E-state index contributed by atoms with van der Waals surface area (Å²) in [5.74, 6) is -1.33. The molecule has 0 atom stereocenters. The van der Waals surface area contributed by atoms with Gasteiger partial charge in [-0.1, -0.05) is 0 Å². The van der Waals surface area contributed by atoms with Gasteiger partial charge in [-0.05, 0) is 31.0 Å². The van der Waals surface area contributed by atoms with Gasteiger partial charge in [0.1, 0.15) is 10.7 Å². The van der Waals surface area contributed by atoms with Crippen LogP contribution in [0.2, 0.25) is 0 Å². The number of hydrogen-bond acceptors (Lipinski definition) is 4. The van der Waals surface area contributed by atoms with Gasteiger partial charge in [0.2, 0.25) is 10.0 Å². The maximum absolute atomic E-state index is 13.1. The predicted molar refractivity (Wildman–Crippen MR) is 58.0 cm³/mol. The Morgan fingerprint density at radius 1 is 1.17 bits per heavy atom. The molecule has 100 valence electrons. The first-order valence-electron chi connectivity index (χ1n) is 4.97. The topological polar surface area (TPSA) is 80.3 Å². The fourth-order valence-corrected chi connectivity index (χ4v) is 3.30. The lowest BCUT2D eigenvalue weighted by Crippen LogP contribution is -2.25. The van der Waals surface area contributed by atoms with E-state index in [9.17, 15) is 25.1 Å². The van der Waals surface area contributed by atoms with Crippen molar-refractivity contribution in [3.63, 3.8) is 0 Å². The molecule has 0 aromatic heterocycles. The number of halogens is 2. The van der Waals surface area contributed by atoms with Gasteiger partial charge in [-0.15, -0.1) is 3.89 Å². The Kier molecular flexibility index (Phi) is 3.16. The van der Waals surface area contributed by atoms with E-state index >= 15 is 0 Å². The Balaban J connectivity index is 2.47. The van der Waals surface area contributed by atoms with Crippen molar-refractivity contribution in [1.29, 1.82) is 0 Å². The number of nitrogens with one attached hydrogen (secondary N) is 1. The van der Waals surface area contributed by atoms with Crippen molar-refractivity contribution in [3.05, 3.63) is 24.0 Å². The quantitative estimate of drug-likeness (QED) is 0.838. The van der Waals surface area contributed by atoms with Crippen LogP contribution in [0.15, 0.2) is 28.0 Å². The van der Waals surface area contributed by atoms with E-state index in [0.717, 1.165) is 6.07 Å². The van der Waals surface area contributed by atoms with E-state index in [-0.39, 0.29) is 6.04 Å². The molecule has 0 bridgehead atoms. The fourth-order valence-electron chi connectivity index (χ4n) is 1.33. The van der Waals surface area contributed by atoms with E-state index in [1.54, 1.807) is 0 Å². The molecule has 0 spiro atoms. The fraction of sp³-hybridized carbons (Fsp3) is 0.333. The van der Waals surface area contributed by atoms with Crippen LogP contribution in [-0.4, -0.2) is 22.9 Å². The molecule has 1 aliphatic rings. The lowest BCUT2D eigenvalue weighted by molar-refractivity contribution is 0.532. The lowest BCUT2D eigenvalue weighted by Gasteiger charge is -2.06. The minimum absolute atomic E-state index is 0.189. The van der Waals surface area contributed by atoms with Gasteiger partial charge in [0, 0.05) is 6.04 Å². The number of hydrogen-bond donors (Lipinski definition) is 1. The zero-order valence-electron chi connectivity index (χ0n) is 8.93. The average molecular weight is 297 g/mol. The van der Waals surface area contributed by atoms with Crippen LogP contribution in [0.1, 0.15) is 12.8 Å². The molecule has 0 unspecified atom stereocenters. The molecule has 1 aromatic rings. The first-order valence-corrected chi connectivity index (χ1v) is 7.83. The first kappa shape index (κ1) is 13.4. The van der Waals surface area contributed by atoms with Crippen molar-refractivity contribution in [2.45, 2.75) is 28.7 Å². The van der Waals surface area contributed by atoms with Crippen molar-refractivity contribution in [3.8, 4) is 0 Å². The third-order valence-corrected chi connectivity index (χ3v) is 4.73. The second kappa shape index (κ2) is 4.25. The van der Waals surface area contributed by atoms with Crippen molar-refractivity contribution < 1.29 is 25.1 Å². The van der Waals surface area contributed by atoms with E-state index in [0.29, 0.717) is 25.0 Å². The van der Waals surface area contributed by atoms with Gasteiger partial charge >= 0.3 is 10.2 Å². The monoisotopic (exact) mass is 297 g/mol. The van der Waals surface area contributed by atoms with Crippen molar-refractivity contribution in [1.82, 2.24) is 4.72 Å². The Bertz CT molecular complexity index is 681. The van der Waals surface area contributed by atoms with E-state index in [4.69, 9.17) is 0 Å². The molecule has 18 heavy (non-hydrogen) atoms. The standard InChI is InChI=1S/C9H9F2NO4S2/c10-8-4-3-7(5-9(8)17(11,13)14)18(15,16)12-6-1-2-6/h3-6,12H,1-2H2. The summed E-state index contributed by atoms with van der Waals surface area (Å²) in [5, 5.41) is 0. The molecule has 0 aliphatic heterocycles. The molecule has 0 radical (unpaired) electrons. The Hall–Kier alpha value is -1.06. The highest BCUT2D eigenvalue weighted by molar-refractivity contribution is 7.89. The second-order valence-electron chi connectivity index (χ2n) is 3.93. The van der Waals surface area contributed by atoms with Gasteiger partial charge in [-0.25, -0.2) is 17.5 Å². The largest absolute Gasteiger partial charge is 0.335 e. The van der Waals surface area contributed by atoms with Gasteiger partial charge in [0.25, 0.3) is 0 Å². The van der Waals surface area contributed by atoms with Crippen LogP contribution < -0.4 is 4.72 Å². The molecule has 0 amide bonds. The molecule has 9 heteroatoms. The Labute approximate surface area is 103 Å². The third-order valence-electron chi connectivity index (χ3n) is 2.37. The summed E-state index contributed by atoms with van der Waals surface area (Å²) in [5.41, 5.74) is 0. The van der Waals surface area contributed by atoms with Gasteiger partial charge in [-0.3, -0.25) is 0 Å². The molecule has 5 nitrogen and oxygen atoms in total. The van der Waals surface area contributed by atoms with Gasteiger partial charge in [0.05, 0.1) is 4.90 Å². The molecule has 1 saturated carbocycles. The smallest absolute Gasteiger partial charge is 0.208 e. The van der Waals surface area contributed by atoms with E-state index in [1.165, 1.54) is 0 Å². The summed E-state index contributed by atoms with van der Waals surface area (Å²) >= 11 is 0. The maximum Gasteiger partial charge on any atom is 0.335 e. The van der Waals surface area contributed by atoms with Gasteiger partial charge in [-0.2, -0.15) is 8.42 Å². The Morgan fingerprint density at radius 3 is 2.28 bits per heavy atom. The molecule has 0 heterocycles. The summed E-state index contributed by atoms with van der Waals surface area (Å²) in [4.78, 5) is -1.76. The zero-order chi connectivity index (χ0) is 13.6. The van der Waals surface area contributed by atoms with Crippen LogP contribution in [0.3, 0.4) is 0 Å². The van der Waals surface area contributed by atoms with Crippen molar-refractivity contribution >= 4 is 20.2 Å². The molecule has 1 aliphatic carbocycles. The van der Waals surface area contributed by atoms with Crippen LogP contribution in [-0.2, 0) is 20.2 Å². The van der Waals surface area contributed by atoms with E-state index < -0.39 is 35.9 Å². The summed E-state index contributed by atoms with van der Waals surface area (Å²) in [7, 11) is -9.24. The van der Waals surface area contributed by atoms with Gasteiger partial charge < -0.3 is 0 Å². The van der Waals surface area contributed by atoms with Crippen LogP contribution in [0, 0.1) is 5.82 Å². The van der Waals surface area contributed by atoms with Crippen LogP contribution >= 0.6 is 0 Å². The highest BCUT2D eigenvalue weighted by Gasteiger charge is 2.29. The van der Waals surface area contributed by atoms with Crippen LogP contribution in [0.4, 0.5) is 8.28 Å². The number of sulfonamides is 1. The molecule has 0 saturated heterocycles. The average Bonchev–Trinajstić information content (AvgIpc) is 2.99. The third kappa shape index (κ3) is 2.85. The normalized spacial score (nSPS) is 16.8. The number of rotatable bonds is 4. The highest BCUT2D eigenvalue weighted by Crippen LogP contribution is 2.25. The lowest BCUT2D eigenvalue weighted by atomic mass is 10.3. The van der Waals surface area contributed by atoms with Crippen molar-refractivity contribution in [2.24, 2.45) is 0 Å². The molecule has 1 aromatic carbocycles. The predicted octanol–water partition coefficient (Wildman–Crippen LogP) is 0.925. The minimum atomic E-state index is -5.30. The highest BCUT2D eigenvalue weighted by atomic mass is 32.3. The SMILES string of the molecule is O=S(=O)(F)c1cc(S(=O)(=O)NC2CC2)ccc1F. The molecule has 1 fully saturated rings. The summed E-state index contributed by atoms with van der Waals surface area (Å²) < 4.78 is 72.8. The maximum atomic E-state index is 13.1. The van der Waals surface area contributed by atoms with E-state index in [1.807, 2.05) is 0 Å². The van der Waals surface area contributed by atoms with Crippen LogP contribution in [0.25, 0.3) is 0 Å². The Morgan fingerprint density at radius 2 is 1.78 bits per heavy atom. The van der Waals surface area contributed by atoms with Crippen LogP contribution in [0.5, 0.6) is 0 Å². The molecule has 1 N–H and O–H groups in total. The van der Waals surface area contributed by atoms with Gasteiger partial charge in [0.15, 0.2) is 0 Å². The molecule has 2 rings (SSSR count). The van der Waals surface area contributed by atoms with Crippen molar-refractivity contribution in [2.75, 3.05) is 0 Å². The zero-order valence-corrected chi connectivity index (χ0v) is 10.6. The summed E-state index contributed by atoms with van der Waals surface area (Å²) in [6.45, 7) is 0. The summed E-state index contributed by atoms with van der Waals surface area (Å²) in [6.07, 6.45) is 1.38. The minimum Gasteiger partial charge on any atom is -0.208 e. The molecular weight excluding hydrogens is 288 g/mol. The first-order chi connectivity index (χ1) is 8.20. The van der Waals surface area contributed by atoms with E-state index in [2.05, 4.69) is 4.72 Å². The molecular formula is C9H9F2NO4S2.